The lowest BCUT2D eigenvalue weighted by Gasteiger charge is -2.05. The van der Waals surface area contributed by atoms with Gasteiger partial charge >= 0.3 is 0 Å². The molecule has 20 heavy (non-hydrogen) atoms. The number of fused-ring (bicyclic) bond motifs is 1. The van der Waals surface area contributed by atoms with Crippen LogP contribution in [0.4, 0.5) is 0 Å². The fourth-order valence-electron chi connectivity index (χ4n) is 2.31. The largest absolute Gasteiger partial charge is 0.353 e. The summed E-state index contributed by atoms with van der Waals surface area (Å²) in [6.45, 7) is 2.75. The van der Waals surface area contributed by atoms with E-state index in [1.165, 1.54) is 0 Å². The fraction of sp³-hybridized carbons (Fsp3) is 0.500. The highest BCUT2D eigenvalue weighted by molar-refractivity contribution is 7.71. The molecular weight excluding hydrogens is 272 g/mol. The highest BCUT2D eigenvalue weighted by atomic mass is 32.1. The number of nitrogens with one attached hydrogen (secondary N) is 2. The maximum absolute atomic E-state index is 11.7. The number of aromatic nitrogens is 3. The van der Waals surface area contributed by atoms with Crippen molar-refractivity contribution in [2.45, 2.75) is 45.2 Å². The minimum absolute atomic E-state index is 0.142. The van der Waals surface area contributed by atoms with Gasteiger partial charge in [-0.3, -0.25) is 4.79 Å². The van der Waals surface area contributed by atoms with Crippen LogP contribution in [0.3, 0.4) is 0 Å². The second-order valence-corrected chi connectivity index (χ2v) is 5.74. The molecule has 2 aromatic heterocycles. The zero-order chi connectivity index (χ0) is 14.1. The molecule has 2 aromatic rings. The Labute approximate surface area is 122 Å². The van der Waals surface area contributed by atoms with Gasteiger partial charge < -0.3 is 14.9 Å². The molecule has 6 heteroatoms. The van der Waals surface area contributed by atoms with Gasteiger partial charge in [0, 0.05) is 25.2 Å². The summed E-state index contributed by atoms with van der Waals surface area (Å²) in [5, 5.41) is 3.00. The van der Waals surface area contributed by atoms with Gasteiger partial charge in [-0.05, 0) is 50.0 Å². The third-order valence-corrected chi connectivity index (χ3v) is 3.92. The van der Waals surface area contributed by atoms with E-state index in [0.29, 0.717) is 23.8 Å². The standard InChI is InChI=1S/C14H18N4OS/c1-9-6-7-15-13-12(9)17-14(20)18(13)8-2-3-11(19)16-10-4-5-10/h6-7,10H,2-5,8H2,1H3,(H,16,19)(H,17,20). The number of nitrogens with zero attached hydrogens (tertiary/aromatic N) is 2. The average molecular weight is 290 g/mol. The quantitative estimate of drug-likeness (QED) is 0.832. The molecule has 0 spiro atoms. The molecule has 0 saturated heterocycles. The smallest absolute Gasteiger partial charge is 0.220 e. The first-order valence-electron chi connectivity index (χ1n) is 6.98. The highest BCUT2D eigenvalue weighted by Gasteiger charge is 2.22. The van der Waals surface area contributed by atoms with Crippen LogP contribution in [0.25, 0.3) is 11.2 Å². The number of imidazole rings is 1. The van der Waals surface area contributed by atoms with E-state index in [9.17, 15) is 4.79 Å². The van der Waals surface area contributed by atoms with Crippen molar-refractivity contribution >= 4 is 29.3 Å². The predicted octanol–water partition coefficient (Wildman–Crippen LogP) is 2.46. The van der Waals surface area contributed by atoms with Gasteiger partial charge in [-0.15, -0.1) is 0 Å². The molecule has 1 aliphatic rings. The summed E-state index contributed by atoms with van der Waals surface area (Å²) in [5.41, 5.74) is 2.99. The summed E-state index contributed by atoms with van der Waals surface area (Å²) in [7, 11) is 0. The topological polar surface area (TPSA) is 62.7 Å². The summed E-state index contributed by atoms with van der Waals surface area (Å²) in [5.74, 6) is 0.142. The number of hydrogen-bond acceptors (Lipinski definition) is 3. The van der Waals surface area contributed by atoms with Crippen LogP contribution in [0.15, 0.2) is 12.3 Å². The van der Waals surface area contributed by atoms with E-state index in [0.717, 1.165) is 36.0 Å². The lowest BCUT2D eigenvalue weighted by Crippen LogP contribution is -2.25. The van der Waals surface area contributed by atoms with Crippen LogP contribution in [-0.4, -0.2) is 26.5 Å². The van der Waals surface area contributed by atoms with Crippen molar-refractivity contribution in [3.05, 3.63) is 22.6 Å². The maximum Gasteiger partial charge on any atom is 0.220 e. The zero-order valence-corrected chi connectivity index (χ0v) is 12.3. The van der Waals surface area contributed by atoms with Crippen LogP contribution < -0.4 is 5.32 Å². The predicted molar refractivity (Wildman–Crippen MR) is 80.1 cm³/mol. The molecule has 5 nitrogen and oxygen atoms in total. The monoisotopic (exact) mass is 290 g/mol. The van der Waals surface area contributed by atoms with Crippen molar-refractivity contribution in [2.75, 3.05) is 0 Å². The third-order valence-electron chi connectivity index (χ3n) is 3.60. The van der Waals surface area contributed by atoms with Gasteiger partial charge in [0.05, 0.1) is 5.52 Å². The minimum Gasteiger partial charge on any atom is -0.353 e. The summed E-state index contributed by atoms with van der Waals surface area (Å²) >= 11 is 5.34. The summed E-state index contributed by atoms with van der Waals surface area (Å²) in [4.78, 5) is 19.2. The van der Waals surface area contributed by atoms with Gasteiger partial charge in [-0.25, -0.2) is 4.98 Å². The van der Waals surface area contributed by atoms with Crippen molar-refractivity contribution in [1.29, 1.82) is 0 Å². The van der Waals surface area contributed by atoms with Gasteiger partial charge in [0.1, 0.15) is 0 Å². The van der Waals surface area contributed by atoms with Crippen LogP contribution in [0.5, 0.6) is 0 Å². The van der Waals surface area contributed by atoms with E-state index in [4.69, 9.17) is 12.2 Å². The van der Waals surface area contributed by atoms with E-state index in [1.807, 2.05) is 17.6 Å². The number of carbonyl (C=O) groups is 1. The second-order valence-electron chi connectivity index (χ2n) is 5.35. The van der Waals surface area contributed by atoms with Crippen molar-refractivity contribution < 1.29 is 4.79 Å². The van der Waals surface area contributed by atoms with Gasteiger partial charge in [0.15, 0.2) is 10.4 Å². The first-order valence-corrected chi connectivity index (χ1v) is 7.39. The van der Waals surface area contributed by atoms with E-state index in [2.05, 4.69) is 15.3 Å². The van der Waals surface area contributed by atoms with E-state index < -0.39 is 0 Å². The number of pyridine rings is 1. The number of aryl methyl sites for hydroxylation is 2. The highest BCUT2D eigenvalue weighted by Crippen LogP contribution is 2.19. The van der Waals surface area contributed by atoms with Crippen LogP contribution in [0.2, 0.25) is 0 Å². The Balaban J connectivity index is 1.67. The van der Waals surface area contributed by atoms with E-state index in [-0.39, 0.29) is 5.91 Å². The summed E-state index contributed by atoms with van der Waals surface area (Å²) < 4.78 is 2.65. The third kappa shape index (κ3) is 2.75. The Morgan fingerprint density at radius 3 is 3.15 bits per heavy atom. The molecule has 0 aromatic carbocycles. The van der Waals surface area contributed by atoms with Gasteiger partial charge in [0.2, 0.25) is 5.91 Å². The molecule has 2 heterocycles. The molecule has 1 fully saturated rings. The summed E-state index contributed by atoms with van der Waals surface area (Å²) in [6, 6.07) is 2.39. The SMILES string of the molecule is Cc1ccnc2c1[nH]c(=S)n2CCCC(=O)NC1CC1. The number of hydrogen-bond donors (Lipinski definition) is 2. The Bertz CT molecular complexity index is 699. The Morgan fingerprint density at radius 1 is 1.60 bits per heavy atom. The first-order chi connectivity index (χ1) is 9.65. The van der Waals surface area contributed by atoms with Crippen LogP contribution in [-0.2, 0) is 11.3 Å². The molecule has 1 aliphatic carbocycles. The maximum atomic E-state index is 11.7. The molecule has 1 amide bonds. The molecule has 0 bridgehead atoms. The van der Waals surface area contributed by atoms with Gasteiger partial charge in [-0.1, -0.05) is 0 Å². The Kier molecular flexibility index (Phi) is 3.56. The van der Waals surface area contributed by atoms with Crippen molar-refractivity contribution in [3.63, 3.8) is 0 Å². The Hall–Kier alpha value is -1.69. The van der Waals surface area contributed by atoms with Crippen LogP contribution >= 0.6 is 12.2 Å². The Morgan fingerprint density at radius 2 is 2.40 bits per heavy atom. The number of H-pyrrole nitrogens is 1. The zero-order valence-electron chi connectivity index (χ0n) is 11.5. The molecular formula is C14H18N4OS. The molecule has 3 rings (SSSR count). The van der Waals surface area contributed by atoms with Gasteiger partial charge in [0.25, 0.3) is 0 Å². The minimum atomic E-state index is 0.142. The number of rotatable bonds is 5. The molecule has 106 valence electrons. The van der Waals surface area contributed by atoms with Crippen LogP contribution in [0.1, 0.15) is 31.2 Å². The van der Waals surface area contributed by atoms with Crippen LogP contribution in [0, 0.1) is 11.7 Å². The molecule has 0 radical (unpaired) electrons. The van der Waals surface area contributed by atoms with Crippen molar-refractivity contribution in [1.82, 2.24) is 19.9 Å². The number of carbonyl (C=O) groups excluding carboxylic acids is 1. The summed E-state index contributed by atoms with van der Waals surface area (Å²) in [6.07, 6.45) is 5.35. The fourth-order valence-corrected chi connectivity index (χ4v) is 2.59. The van der Waals surface area contributed by atoms with E-state index >= 15 is 0 Å². The van der Waals surface area contributed by atoms with Gasteiger partial charge in [-0.2, -0.15) is 0 Å². The van der Waals surface area contributed by atoms with Crippen molar-refractivity contribution in [3.8, 4) is 0 Å². The average Bonchev–Trinajstić information content (AvgIpc) is 3.15. The lowest BCUT2D eigenvalue weighted by molar-refractivity contribution is -0.121. The number of aromatic amines is 1. The molecule has 0 aliphatic heterocycles. The molecule has 2 N–H and O–H groups in total. The number of amides is 1. The first kappa shape index (κ1) is 13.3. The lowest BCUT2D eigenvalue weighted by atomic mass is 10.2. The van der Waals surface area contributed by atoms with E-state index in [1.54, 1.807) is 6.20 Å². The van der Waals surface area contributed by atoms with Crippen molar-refractivity contribution in [2.24, 2.45) is 0 Å². The normalized spacial score (nSPS) is 14.7. The molecule has 1 saturated carbocycles. The molecule has 0 atom stereocenters. The molecule has 0 unspecified atom stereocenters. The second kappa shape index (κ2) is 5.36.